The van der Waals surface area contributed by atoms with Gasteiger partial charge in [-0.3, -0.25) is 4.79 Å². The van der Waals surface area contributed by atoms with Gasteiger partial charge in [0, 0.05) is 6.54 Å². The maximum atomic E-state index is 12.5. The molecule has 0 aliphatic rings. The fourth-order valence-electron chi connectivity index (χ4n) is 2.38. The Balaban J connectivity index is 1.92. The number of nitrogens with one attached hydrogen (secondary N) is 1. The molecule has 0 saturated carbocycles. The number of methoxy groups -OCH3 is 2. The van der Waals surface area contributed by atoms with Crippen LogP contribution in [0.1, 0.15) is 15.9 Å². The van der Waals surface area contributed by atoms with Gasteiger partial charge in [0.1, 0.15) is 22.8 Å². The van der Waals surface area contributed by atoms with Crippen LogP contribution in [0.2, 0.25) is 0 Å². The molecule has 0 radical (unpaired) electrons. The molecule has 0 fully saturated rings. The lowest BCUT2D eigenvalue weighted by molar-refractivity contribution is -0.139. The summed E-state index contributed by atoms with van der Waals surface area (Å²) in [6.07, 6.45) is 0.614. The van der Waals surface area contributed by atoms with Crippen LogP contribution in [0.15, 0.2) is 42.5 Å². The molecular formula is C19H21NO6. The largest absolute Gasteiger partial charge is 0.496 e. The van der Waals surface area contributed by atoms with Gasteiger partial charge in [0.15, 0.2) is 6.61 Å². The molecule has 2 aromatic rings. The number of hydrogen-bond acceptors (Lipinski definition) is 5. The summed E-state index contributed by atoms with van der Waals surface area (Å²) >= 11 is 0. The third-order valence-electron chi connectivity index (χ3n) is 3.64. The number of carboxylic acid groups (broad SMARTS) is 1. The van der Waals surface area contributed by atoms with Gasteiger partial charge >= 0.3 is 5.97 Å². The van der Waals surface area contributed by atoms with E-state index in [0.29, 0.717) is 35.8 Å². The van der Waals surface area contributed by atoms with Gasteiger partial charge in [0.25, 0.3) is 5.91 Å². The molecule has 0 spiro atoms. The number of carboxylic acids is 1. The highest BCUT2D eigenvalue weighted by molar-refractivity contribution is 5.99. The van der Waals surface area contributed by atoms with Gasteiger partial charge in [-0.1, -0.05) is 18.2 Å². The molecule has 0 unspecified atom stereocenters. The Kier molecular flexibility index (Phi) is 6.84. The van der Waals surface area contributed by atoms with Crippen LogP contribution in [-0.4, -0.2) is 44.4 Å². The Morgan fingerprint density at radius 2 is 1.62 bits per heavy atom. The Morgan fingerprint density at radius 1 is 1.00 bits per heavy atom. The number of carbonyl (C=O) groups excluding carboxylic acids is 1. The number of aliphatic carboxylic acids is 1. The highest BCUT2D eigenvalue weighted by atomic mass is 16.5. The molecule has 0 aromatic heterocycles. The monoisotopic (exact) mass is 359 g/mol. The van der Waals surface area contributed by atoms with Gasteiger partial charge in [-0.15, -0.1) is 0 Å². The Hall–Kier alpha value is -3.22. The van der Waals surface area contributed by atoms with Gasteiger partial charge in [0.05, 0.1) is 14.2 Å². The second kappa shape index (κ2) is 9.31. The van der Waals surface area contributed by atoms with Crippen molar-refractivity contribution in [3.63, 3.8) is 0 Å². The molecule has 0 aliphatic carbocycles. The van der Waals surface area contributed by atoms with Gasteiger partial charge in [-0.25, -0.2) is 4.79 Å². The van der Waals surface area contributed by atoms with Crippen molar-refractivity contribution in [2.75, 3.05) is 27.4 Å². The van der Waals surface area contributed by atoms with Crippen molar-refractivity contribution in [3.8, 4) is 17.2 Å². The lowest BCUT2D eigenvalue weighted by Crippen LogP contribution is -2.26. The molecule has 7 heteroatoms. The zero-order valence-electron chi connectivity index (χ0n) is 14.7. The topological polar surface area (TPSA) is 94.1 Å². The minimum absolute atomic E-state index is 0.277. The Bertz CT molecular complexity index is 735. The predicted octanol–water partition coefficient (Wildman–Crippen LogP) is 2.14. The lowest BCUT2D eigenvalue weighted by Gasteiger charge is -2.13. The second-order valence-electron chi connectivity index (χ2n) is 5.37. The van der Waals surface area contributed by atoms with E-state index < -0.39 is 5.97 Å². The first kappa shape index (κ1) is 19.1. The number of amides is 1. The van der Waals surface area contributed by atoms with Crippen molar-refractivity contribution in [1.82, 2.24) is 5.32 Å². The van der Waals surface area contributed by atoms with Crippen molar-refractivity contribution in [2.24, 2.45) is 0 Å². The fraction of sp³-hybridized carbons (Fsp3) is 0.263. The average molecular weight is 359 g/mol. The predicted molar refractivity (Wildman–Crippen MR) is 95.2 cm³/mol. The summed E-state index contributed by atoms with van der Waals surface area (Å²) in [5.41, 5.74) is 1.34. The highest BCUT2D eigenvalue weighted by Crippen LogP contribution is 2.27. The molecule has 0 saturated heterocycles. The summed E-state index contributed by atoms with van der Waals surface area (Å²) in [6.45, 7) is 0.0471. The van der Waals surface area contributed by atoms with E-state index in [4.69, 9.17) is 19.3 Å². The Labute approximate surface area is 151 Å². The quantitative estimate of drug-likeness (QED) is 0.712. The minimum Gasteiger partial charge on any atom is -0.496 e. The van der Waals surface area contributed by atoms with E-state index >= 15 is 0 Å². The normalized spacial score (nSPS) is 10.1. The zero-order chi connectivity index (χ0) is 18.9. The van der Waals surface area contributed by atoms with Crippen LogP contribution < -0.4 is 19.5 Å². The van der Waals surface area contributed by atoms with E-state index in [1.54, 1.807) is 30.3 Å². The number of carbonyl (C=O) groups is 2. The van der Waals surface area contributed by atoms with Crippen molar-refractivity contribution in [1.29, 1.82) is 0 Å². The number of benzene rings is 2. The molecule has 2 aromatic carbocycles. The molecule has 0 atom stereocenters. The van der Waals surface area contributed by atoms with Crippen molar-refractivity contribution in [3.05, 3.63) is 53.6 Å². The second-order valence-corrected chi connectivity index (χ2v) is 5.37. The third kappa shape index (κ3) is 5.14. The molecular weight excluding hydrogens is 338 g/mol. The van der Waals surface area contributed by atoms with Crippen LogP contribution in [0, 0.1) is 0 Å². The van der Waals surface area contributed by atoms with Crippen LogP contribution in [0.4, 0.5) is 0 Å². The van der Waals surface area contributed by atoms with E-state index in [-0.39, 0.29) is 12.5 Å². The van der Waals surface area contributed by atoms with Crippen LogP contribution in [0.3, 0.4) is 0 Å². The van der Waals surface area contributed by atoms with Gasteiger partial charge in [-0.2, -0.15) is 0 Å². The first-order valence-electron chi connectivity index (χ1n) is 7.98. The van der Waals surface area contributed by atoms with Gasteiger partial charge in [0.2, 0.25) is 0 Å². The summed E-state index contributed by atoms with van der Waals surface area (Å²) in [7, 11) is 3.00. The highest BCUT2D eigenvalue weighted by Gasteiger charge is 2.17. The van der Waals surface area contributed by atoms with Crippen molar-refractivity contribution < 1.29 is 28.9 Å². The van der Waals surface area contributed by atoms with Crippen molar-refractivity contribution >= 4 is 11.9 Å². The Morgan fingerprint density at radius 3 is 2.15 bits per heavy atom. The maximum Gasteiger partial charge on any atom is 0.341 e. The van der Waals surface area contributed by atoms with Gasteiger partial charge in [-0.05, 0) is 36.2 Å². The summed E-state index contributed by atoms with van der Waals surface area (Å²) in [5, 5.41) is 11.4. The molecule has 26 heavy (non-hydrogen) atoms. The van der Waals surface area contributed by atoms with Crippen LogP contribution in [0.25, 0.3) is 0 Å². The molecule has 0 aliphatic heterocycles. The number of hydrogen-bond donors (Lipinski definition) is 2. The third-order valence-corrected chi connectivity index (χ3v) is 3.64. The summed E-state index contributed by atoms with van der Waals surface area (Å²) in [6, 6.07) is 12.2. The van der Waals surface area contributed by atoms with E-state index in [0.717, 1.165) is 5.56 Å². The van der Waals surface area contributed by atoms with E-state index in [9.17, 15) is 9.59 Å². The molecule has 0 bridgehead atoms. The van der Waals surface area contributed by atoms with Gasteiger partial charge < -0.3 is 24.6 Å². The summed E-state index contributed by atoms with van der Waals surface area (Å²) in [5.74, 6) is 0.0757. The summed E-state index contributed by atoms with van der Waals surface area (Å²) in [4.78, 5) is 22.9. The molecule has 2 rings (SSSR count). The standard InChI is InChI=1S/C19H21NO6/c1-24-15-4-3-5-16(25-2)18(15)19(23)20-11-10-13-6-8-14(9-7-13)26-12-17(21)22/h3-9H,10-12H2,1-2H3,(H,20,23)(H,21,22). The summed E-state index contributed by atoms with van der Waals surface area (Å²) < 4.78 is 15.5. The number of rotatable bonds is 9. The fourth-order valence-corrected chi connectivity index (χ4v) is 2.38. The maximum absolute atomic E-state index is 12.5. The van der Waals surface area contributed by atoms with E-state index in [1.165, 1.54) is 14.2 Å². The zero-order valence-corrected chi connectivity index (χ0v) is 14.7. The number of ether oxygens (including phenoxy) is 3. The first-order chi connectivity index (χ1) is 12.5. The molecule has 7 nitrogen and oxygen atoms in total. The van der Waals surface area contributed by atoms with Crippen LogP contribution in [-0.2, 0) is 11.2 Å². The lowest BCUT2D eigenvalue weighted by atomic mass is 10.1. The average Bonchev–Trinajstić information content (AvgIpc) is 2.66. The molecule has 1 amide bonds. The van der Waals surface area contributed by atoms with E-state index in [2.05, 4.69) is 5.32 Å². The van der Waals surface area contributed by atoms with Crippen LogP contribution >= 0.6 is 0 Å². The van der Waals surface area contributed by atoms with Crippen LogP contribution in [0.5, 0.6) is 17.2 Å². The first-order valence-corrected chi connectivity index (χ1v) is 7.98. The molecule has 2 N–H and O–H groups in total. The minimum atomic E-state index is -1.02. The SMILES string of the molecule is COc1cccc(OC)c1C(=O)NCCc1ccc(OCC(=O)O)cc1. The molecule has 0 heterocycles. The van der Waals surface area contributed by atoms with E-state index in [1.807, 2.05) is 12.1 Å². The van der Waals surface area contributed by atoms with Crippen molar-refractivity contribution in [2.45, 2.75) is 6.42 Å². The smallest absolute Gasteiger partial charge is 0.341 e. The molecule has 138 valence electrons.